The molecule has 0 fully saturated rings. The topological polar surface area (TPSA) is 103 Å². The van der Waals surface area contributed by atoms with Gasteiger partial charge >= 0.3 is 11.9 Å². The van der Waals surface area contributed by atoms with Crippen LogP contribution in [0.2, 0.25) is 0 Å². The van der Waals surface area contributed by atoms with Crippen molar-refractivity contribution in [2.45, 2.75) is 59.6 Å². The molecule has 1 heterocycles. The van der Waals surface area contributed by atoms with Crippen molar-refractivity contribution in [3.63, 3.8) is 0 Å². The van der Waals surface area contributed by atoms with Crippen LogP contribution in [0.4, 0.5) is 0 Å². The van der Waals surface area contributed by atoms with Crippen LogP contribution in [-0.2, 0) is 28.6 Å². The highest BCUT2D eigenvalue weighted by Crippen LogP contribution is 2.28. The number of aliphatic imine (C=N–C) groups is 1. The van der Waals surface area contributed by atoms with Crippen LogP contribution in [0.25, 0.3) is 0 Å². The molecule has 170 valence electrons. The molecule has 0 saturated heterocycles. The second kappa shape index (κ2) is 12.0. The van der Waals surface area contributed by atoms with E-state index in [-0.39, 0.29) is 23.1 Å². The van der Waals surface area contributed by atoms with E-state index in [0.717, 1.165) is 4.88 Å². The van der Waals surface area contributed by atoms with E-state index in [1.54, 1.807) is 25.2 Å². The second-order valence-electron chi connectivity index (χ2n) is 6.86. The number of hydrogen-bond acceptors (Lipinski definition) is 8. The minimum atomic E-state index is -0.973. The maximum atomic E-state index is 12.7. The number of amides is 1. The molecule has 1 N–H and O–H groups in total. The quantitative estimate of drug-likeness (QED) is 0.192. The van der Waals surface area contributed by atoms with Crippen molar-refractivity contribution in [2.75, 3.05) is 7.11 Å². The summed E-state index contributed by atoms with van der Waals surface area (Å²) in [5, 5.41) is 2.50. The number of aryl methyl sites for hydroxylation is 1. The number of esters is 2. The summed E-state index contributed by atoms with van der Waals surface area (Å²) in [5.74, 6) is -2.10. The molecule has 1 amide bonds. The van der Waals surface area contributed by atoms with Crippen molar-refractivity contribution in [3.05, 3.63) is 45.2 Å². The number of ether oxygens (including phenoxy) is 3. The third kappa shape index (κ3) is 7.36. The molecular weight excluding hydrogens is 420 g/mol. The van der Waals surface area contributed by atoms with Crippen LogP contribution < -0.4 is 5.32 Å². The van der Waals surface area contributed by atoms with E-state index in [4.69, 9.17) is 14.2 Å². The van der Waals surface area contributed by atoms with Gasteiger partial charge in [-0.3, -0.25) is 14.6 Å². The summed E-state index contributed by atoms with van der Waals surface area (Å²) in [7, 11) is 1.36. The van der Waals surface area contributed by atoms with Gasteiger partial charge in [-0.2, -0.15) is 0 Å². The van der Waals surface area contributed by atoms with E-state index in [1.165, 1.54) is 31.9 Å². The molecule has 0 spiro atoms. The van der Waals surface area contributed by atoms with Crippen LogP contribution in [0, 0.1) is 6.92 Å². The van der Waals surface area contributed by atoms with Crippen LogP contribution in [-0.4, -0.2) is 43.8 Å². The largest absolute Gasteiger partial charge is 0.493 e. The Morgan fingerprint density at radius 3 is 2.32 bits per heavy atom. The summed E-state index contributed by atoms with van der Waals surface area (Å²) in [4.78, 5) is 42.6. The summed E-state index contributed by atoms with van der Waals surface area (Å²) in [5.41, 5.74) is -0.291. The number of carbonyl (C=O) groups is 3. The second-order valence-corrected chi connectivity index (χ2v) is 8.18. The molecule has 1 aromatic rings. The van der Waals surface area contributed by atoms with Crippen molar-refractivity contribution in [1.29, 1.82) is 0 Å². The number of hydrogen-bond donors (Lipinski definition) is 1. The van der Waals surface area contributed by atoms with E-state index >= 15 is 0 Å². The SMILES string of the molecule is C=N/C(C(=O)N[C@@H](C)C(=O)O[C@@H](C)[C@@H](C)c1ccc(C)s1)=C(OC(C)=O)\C(=C/C)OC. The minimum Gasteiger partial charge on any atom is -0.493 e. The van der Waals surface area contributed by atoms with Crippen molar-refractivity contribution in [2.24, 2.45) is 4.99 Å². The Morgan fingerprint density at radius 2 is 1.87 bits per heavy atom. The van der Waals surface area contributed by atoms with Gasteiger partial charge in [0.2, 0.25) is 5.76 Å². The number of rotatable bonds is 10. The summed E-state index contributed by atoms with van der Waals surface area (Å²) >= 11 is 1.65. The molecule has 0 aliphatic heterocycles. The highest BCUT2D eigenvalue weighted by Gasteiger charge is 2.27. The molecule has 1 rings (SSSR count). The predicted octanol–water partition coefficient (Wildman–Crippen LogP) is 3.62. The molecule has 1 aromatic heterocycles. The molecule has 0 saturated carbocycles. The Balaban J connectivity index is 2.94. The number of nitrogens with one attached hydrogen (secondary N) is 1. The molecular formula is C22H30N2O6S. The van der Waals surface area contributed by atoms with Crippen LogP contribution in [0.15, 0.2) is 40.4 Å². The predicted molar refractivity (Wildman–Crippen MR) is 120 cm³/mol. The minimum absolute atomic E-state index is 0.00497. The summed E-state index contributed by atoms with van der Waals surface area (Å²) < 4.78 is 15.8. The Labute approximate surface area is 187 Å². The number of carbonyl (C=O) groups excluding carboxylic acids is 3. The first-order valence-electron chi connectivity index (χ1n) is 9.73. The average Bonchev–Trinajstić information content (AvgIpc) is 3.14. The lowest BCUT2D eigenvalue weighted by Gasteiger charge is -2.22. The lowest BCUT2D eigenvalue weighted by atomic mass is 10.0. The van der Waals surface area contributed by atoms with E-state index < -0.39 is 30.0 Å². The fraction of sp³-hybridized carbons (Fsp3) is 0.455. The van der Waals surface area contributed by atoms with Gasteiger partial charge in [-0.05, 0) is 52.6 Å². The van der Waals surface area contributed by atoms with Gasteiger partial charge in [0.25, 0.3) is 5.91 Å². The van der Waals surface area contributed by atoms with Crippen molar-refractivity contribution in [1.82, 2.24) is 5.32 Å². The van der Waals surface area contributed by atoms with Crippen LogP contribution >= 0.6 is 11.3 Å². The van der Waals surface area contributed by atoms with Crippen molar-refractivity contribution in [3.8, 4) is 0 Å². The number of allylic oxidation sites excluding steroid dienone is 1. The van der Waals surface area contributed by atoms with E-state index in [0.29, 0.717) is 0 Å². The first kappa shape index (κ1) is 26.1. The molecule has 31 heavy (non-hydrogen) atoms. The number of methoxy groups -OCH3 is 1. The molecule has 0 aliphatic rings. The lowest BCUT2D eigenvalue weighted by Crippen LogP contribution is -2.42. The van der Waals surface area contributed by atoms with E-state index in [1.807, 2.05) is 26.0 Å². The Kier molecular flexibility index (Phi) is 10.1. The Morgan fingerprint density at radius 1 is 1.23 bits per heavy atom. The number of thiophene rings is 1. The van der Waals surface area contributed by atoms with Gasteiger partial charge in [-0.15, -0.1) is 11.3 Å². The van der Waals surface area contributed by atoms with Crippen molar-refractivity contribution >= 4 is 35.9 Å². The van der Waals surface area contributed by atoms with Gasteiger partial charge in [0.05, 0.1) is 7.11 Å². The summed E-state index contributed by atoms with van der Waals surface area (Å²) in [6.45, 7) is 13.5. The molecule has 0 aliphatic carbocycles. The fourth-order valence-corrected chi connectivity index (χ4v) is 3.61. The van der Waals surface area contributed by atoms with Gasteiger partial charge in [0.15, 0.2) is 11.5 Å². The molecule has 9 heteroatoms. The van der Waals surface area contributed by atoms with Crippen LogP contribution in [0.1, 0.15) is 50.3 Å². The smallest absolute Gasteiger partial charge is 0.328 e. The van der Waals surface area contributed by atoms with Crippen molar-refractivity contribution < 1.29 is 28.6 Å². The number of nitrogens with zero attached hydrogens (tertiary/aromatic N) is 1. The molecule has 0 radical (unpaired) electrons. The molecule has 0 unspecified atom stereocenters. The summed E-state index contributed by atoms with van der Waals surface area (Å²) in [6.07, 6.45) is 1.11. The molecule has 0 bridgehead atoms. The highest BCUT2D eigenvalue weighted by molar-refractivity contribution is 7.12. The third-order valence-corrected chi connectivity index (χ3v) is 5.66. The zero-order valence-corrected chi connectivity index (χ0v) is 19.8. The van der Waals surface area contributed by atoms with Gasteiger partial charge in [0, 0.05) is 22.6 Å². The lowest BCUT2D eigenvalue weighted by molar-refractivity contribution is -0.152. The van der Waals surface area contributed by atoms with E-state index in [9.17, 15) is 14.4 Å². The summed E-state index contributed by atoms with van der Waals surface area (Å²) in [6, 6.07) is 3.06. The molecule has 3 atom stereocenters. The van der Waals surface area contributed by atoms with Gasteiger partial charge in [-0.25, -0.2) is 4.79 Å². The monoisotopic (exact) mass is 450 g/mol. The molecule has 0 aromatic carbocycles. The first-order valence-corrected chi connectivity index (χ1v) is 10.5. The standard InChI is InChI=1S/C22H30N2O6S/c1-9-17(28-8)20(30-16(6)25)19(23-7)21(26)24-14(4)22(27)29-15(5)13(3)18-11-10-12(2)31-18/h9-11,13-15H,7H2,1-6,8H3,(H,24,26)/b17-9+,20-19+/t13-,14+,15+/m1/s1. The maximum Gasteiger partial charge on any atom is 0.328 e. The fourth-order valence-electron chi connectivity index (χ4n) is 2.59. The third-order valence-electron chi connectivity index (χ3n) is 4.46. The van der Waals surface area contributed by atoms with Gasteiger partial charge < -0.3 is 19.5 Å². The Hall–Kier alpha value is -2.94. The first-order chi connectivity index (χ1) is 14.5. The zero-order valence-electron chi connectivity index (χ0n) is 19.0. The normalized spacial score (nSPS) is 15.1. The Bertz CT molecular complexity index is 886. The maximum absolute atomic E-state index is 12.7. The van der Waals surface area contributed by atoms with E-state index in [2.05, 4.69) is 17.0 Å². The van der Waals surface area contributed by atoms with Crippen LogP contribution in [0.3, 0.4) is 0 Å². The van der Waals surface area contributed by atoms with Gasteiger partial charge in [-0.1, -0.05) is 6.92 Å². The average molecular weight is 451 g/mol. The highest BCUT2D eigenvalue weighted by atomic mass is 32.1. The zero-order chi connectivity index (χ0) is 23.7. The molecule has 8 nitrogen and oxygen atoms in total. The van der Waals surface area contributed by atoms with Gasteiger partial charge in [0.1, 0.15) is 12.1 Å². The van der Waals surface area contributed by atoms with Crippen LogP contribution in [0.5, 0.6) is 0 Å².